The molecule has 0 aromatic heterocycles. The molecule has 1 saturated heterocycles. The van der Waals surface area contributed by atoms with Crippen molar-refractivity contribution < 1.29 is 22.8 Å². The van der Waals surface area contributed by atoms with Gasteiger partial charge in [-0.1, -0.05) is 17.7 Å². The zero-order valence-electron chi connectivity index (χ0n) is 18.5. The van der Waals surface area contributed by atoms with Crippen LogP contribution < -0.4 is 15.5 Å². The normalized spacial score (nSPS) is 16.2. The van der Waals surface area contributed by atoms with Crippen molar-refractivity contribution in [3.8, 4) is 6.07 Å². The molecule has 2 aromatic rings. The highest BCUT2D eigenvalue weighted by Crippen LogP contribution is 2.35. The van der Waals surface area contributed by atoms with Crippen LogP contribution in [0, 0.1) is 25.2 Å². The van der Waals surface area contributed by atoms with Gasteiger partial charge in [0.25, 0.3) is 0 Å². The van der Waals surface area contributed by atoms with E-state index in [4.69, 9.17) is 5.26 Å². The molecular weight excluding hydrogens is 435 g/mol. The van der Waals surface area contributed by atoms with E-state index in [0.29, 0.717) is 5.69 Å². The van der Waals surface area contributed by atoms with Gasteiger partial charge >= 0.3 is 12.2 Å². The zero-order valence-corrected chi connectivity index (χ0v) is 18.5. The number of nitrogens with one attached hydrogen (secondary N) is 2. The molecule has 1 aliphatic rings. The van der Waals surface area contributed by atoms with Crippen LogP contribution in [0.4, 0.5) is 29.3 Å². The topological polar surface area (TPSA) is 88.5 Å². The number of halogens is 3. The molecule has 3 amide bonds. The minimum atomic E-state index is -4.69. The molecule has 10 heteroatoms. The molecule has 0 spiro atoms. The zero-order chi connectivity index (χ0) is 24.3. The van der Waals surface area contributed by atoms with Crippen LogP contribution >= 0.6 is 0 Å². The van der Waals surface area contributed by atoms with Gasteiger partial charge in [0, 0.05) is 38.1 Å². The molecule has 2 N–H and O–H groups in total. The van der Waals surface area contributed by atoms with E-state index in [0.717, 1.165) is 23.3 Å². The van der Waals surface area contributed by atoms with Gasteiger partial charge in [-0.25, -0.2) is 4.79 Å². The van der Waals surface area contributed by atoms with Gasteiger partial charge in [-0.3, -0.25) is 4.79 Å². The van der Waals surface area contributed by atoms with E-state index in [9.17, 15) is 22.8 Å². The lowest BCUT2D eigenvalue weighted by atomic mass is 10.0. The van der Waals surface area contributed by atoms with Crippen molar-refractivity contribution in [2.24, 2.45) is 0 Å². The quantitative estimate of drug-likeness (QED) is 0.733. The molecule has 1 fully saturated rings. The first-order chi connectivity index (χ1) is 15.5. The van der Waals surface area contributed by atoms with E-state index >= 15 is 0 Å². The van der Waals surface area contributed by atoms with Crippen molar-refractivity contribution in [3.05, 3.63) is 58.7 Å². The van der Waals surface area contributed by atoms with Gasteiger partial charge in [-0.15, -0.1) is 0 Å². The fourth-order valence-electron chi connectivity index (χ4n) is 3.85. The standard InChI is InChI=1S/C23H24F3N5O2/c1-14-4-7-19(15(2)10-14)29-22(33)31-9-8-30(13-20(31)21(32)28-3)17-6-5-16(12-27)18(11-17)23(24,25)26/h4-7,10-11,20H,8-9,13H2,1-3H3,(H,28,32)(H,29,33). The molecule has 1 aliphatic heterocycles. The highest BCUT2D eigenvalue weighted by Gasteiger charge is 2.37. The first-order valence-electron chi connectivity index (χ1n) is 10.3. The van der Waals surface area contributed by atoms with Crippen LogP contribution in [-0.2, 0) is 11.0 Å². The van der Waals surface area contributed by atoms with Crippen molar-refractivity contribution in [2.75, 3.05) is 36.9 Å². The Morgan fingerprint density at radius 1 is 1.12 bits per heavy atom. The Morgan fingerprint density at radius 3 is 2.45 bits per heavy atom. The third-order valence-corrected chi connectivity index (χ3v) is 5.61. The Hall–Kier alpha value is -3.74. The maximum absolute atomic E-state index is 13.4. The summed E-state index contributed by atoms with van der Waals surface area (Å²) in [6.45, 7) is 4.14. The second-order valence-corrected chi connectivity index (χ2v) is 7.86. The molecule has 174 valence electrons. The fraction of sp³-hybridized carbons (Fsp3) is 0.348. The number of anilines is 2. The Labute approximate surface area is 189 Å². The number of piperazine rings is 1. The molecule has 0 saturated carbocycles. The van der Waals surface area contributed by atoms with Crippen molar-refractivity contribution in [1.82, 2.24) is 10.2 Å². The summed E-state index contributed by atoms with van der Waals surface area (Å²) in [5.74, 6) is -0.430. The number of carbonyl (C=O) groups is 2. The Morgan fingerprint density at radius 2 is 1.85 bits per heavy atom. The van der Waals surface area contributed by atoms with E-state index in [1.807, 2.05) is 26.0 Å². The largest absolute Gasteiger partial charge is 0.417 e. The number of likely N-dealkylation sites (N-methyl/N-ethyl adjacent to an activating group) is 1. The van der Waals surface area contributed by atoms with Gasteiger partial charge in [0.05, 0.1) is 17.2 Å². The third-order valence-electron chi connectivity index (χ3n) is 5.61. The first kappa shape index (κ1) is 23.9. The molecule has 7 nitrogen and oxygen atoms in total. The first-order valence-corrected chi connectivity index (χ1v) is 10.3. The maximum atomic E-state index is 13.4. The van der Waals surface area contributed by atoms with E-state index in [1.165, 1.54) is 18.0 Å². The summed E-state index contributed by atoms with van der Waals surface area (Å²) in [6.07, 6.45) is -4.69. The highest BCUT2D eigenvalue weighted by molar-refractivity contribution is 5.95. The molecular formula is C23H24F3N5O2. The summed E-state index contributed by atoms with van der Waals surface area (Å²) in [5.41, 5.74) is 1.25. The molecule has 0 aliphatic carbocycles. The number of hydrogen-bond donors (Lipinski definition) is 2. The number of nitriles is 1. The minimum Gasteiger partial charge on any atom is -0.367 e. The summed E-state index contributed by atoms with van der Waals surface area (Å²) in [4.78, 5) is 28.5. The van der Waals surface area contributed by atoms with E-state index in [-0.39, 0.29) is 25.3 Å². The Kier molecular flexibility index (Phi) is 6.81. The van der Waals surface area contributed by atoms with Gasteiger partial charge in [0.1, 0.15) is 6.04 Å². The van der Waals surface area contributed by atoms with Crippen molar-refractivity contribution in [2.45, 2.75) is 26.1 Å². The molecule has 3 rings (SSSR count). The minimum absolute atomic E-state index is 0.00315. The summed E-state index contributed by atoms with van der Waals surface area (Å²) in [7, 11) is 1.44. The van der Waals surface area contributed by atoms with Crippen LogP contribution in [0.2, 0.25) is 0 Å². The van der Waals surface area contributed by atoms with E-state index in [2.05, 4.69) is 10.6 Å². The Bertz CT molecular complexity index is 1110. The molecule has 33 heavy (non-hydrogen) atoms. The smallest absolute Gasteiger partial charge is 0.367 e. The molecule has 0 radical (unpaired) electrons. The van der Waals surface area contributed by atoms with Gasteiger partial charge in [-0.2, -0.15) is 18.4 Å². The van der Waals surface area contributed by atoms with Crippen molar-refractivity contribution in [3.63, 3.8) is 0 Å². The van der Waals surface area contributed by atoms with Gasteiger partial charge in [-0.05, 0) is 43.7 Å². The van der Waals surface area contributed by atoms with Crippen LogP contribution in [0.5, 0.6) is 0 Å². The lowest BCUT2D eigenvalue weighted by Gasteiger charge is -2.41. The van der Waals surface area contributed by atoms with Crippen LogP contribution in [-0.4, -0.2) is 49.6 Å². The third kappa shape index (κ3) is 5.19. The lowest BCUT2D eigenvalue weighted by Crippen LogP contribution is -2.61. The Balaban J connectivity index is 1.85. The molecule has 1 heterocycles. The van der Waals surface area contributed by atoms with Gasteiger partial charge in [0.2, 0.25) is 5.91 Å². The van der Waals surface area contributed by atoms with Gasteiger partial charge in [0.15, 0.2) is 0 Å². The van der Waals surface area contributed by atoms with Crippen LogP contribution in [0.1, 0.15) is 22.3 Å². The van der Waals surface area contributed by atoms with E-state index < -0.39 is 35.3 Å². The van der Waals surface area contributed by atoms with Crippen LogP contribution in [0.15, 0.2) is 36.4 Å². The second kappa shape index (κ2) is 9.40. The van der Waals surface area contributed by atoms with E-state index in [1.54, 1.807) is 17.0 Å². The number of amides is 3. The number of alkyl halides is 3. The predicted octanol–water partition coefficient (Wildman–Crippen LogP) is 3.66. The SMILES string of the molecule is CNC(=O)C1CN(c2ccc(C#N)c(C(F)(F)F)c2)CCN1C(=O)Nc1ccc(C)cc1C. The average Bonchev–Trinajstić information content (AvgIpc) is 2.78. The van der Waals surface area contributed by atoms with Crippen molar-refractivity contribution >= 4 is 23.3 Å². The highest BCUT2D eigenvalue weighted by atomic mass is 19.4. The molecule has 2 aromatic carbocycles. The monoisotopic (exact) mass is 459 g/mol. The summed E-state index contributed by atoms with van der Waals surface area (Å²) >= 11 is 0. The molecule has 1 unspecified atom stereocenters. The summed E-state index contributed by atoms with van der Waals surface area (Å²) < 4.78 is 40.1. The summed E-state index contributed by atoms with van der Waals surface area (Å²) in [6, 6.07) is 9.18. The number of benzene rings is 2. The number of nitrogens with zero attached hydrogens (tertiary/aromatic N) is 3. The maximum Gasteiger partial charge on any atom is 0.417 e. The number of hydrogen-bond acceptors (Lipinski definition) is 4. The van der Waals surface area contributed by atoms with Crippen molar-refractivity contribution in [1.29, 1.82) is 5.26 Å². The lowest BCUT2D eigenvalue weighted by molar-refractivity contribution is -0.137. The number of urea groups is 1. The molecule has 1 atom stereocenters. The van der Waals surface area contributed by atoms with Crippen LogP contribution in [0.3, 0.4) is 0 Å². The number of aryl methyl sites for hydroxylation is 2. The number of carbonyl (C=O) groups excluding carboxylic acids is 2. The van der Waals surface area contributed by atoms with Crippen LogP contribution in [0.25, 0.3) is 0 Å². The molecule has 0 bridgehead atoms. The predicted molar refractivity (Wildman–Crippen MR) is 118 cm³/mol. The number of rotatable bonds is 3. The van der Waals surface area contributed by atoms with Gasteiger partial charge < -0.3 is 20.4 Å². The fourth-order valence-corrected chi connectivity index (χ4v) is 3.85. The second-order valence-electron chi connectivity index (χ2n) is 7.86. The average molecular weight is 459 g/mol. The summed E-state index contributed by atoms with van der Waals surface area (Å²) in [5, 5.41) is 14.3.